The molecule has 0 spiro atoms. The van der Waals surface area contributed by atoms with E-state index in [-0.39, 0.29) is 35.7 Å². The largest absolute Gasteiger partial charge is 0.461 e. The van der Waals surface area contributed by atoms with Gasteiger partial charge in [0.25, 0.3) is 0 Å². The zero-order chi connectivity index (χ0) is 13.0. The molecule has 1 saturated heterocycles. The topological polar surface area (TPSA) is 46.5 Å². The lowest BCUT2D eigenvalue weighted by Gasteiger charge is -2.26. The molecule has 1 heterocycles. The van der Waals surface area contributed by atoms with Crippen LogP contribution in [0.15, 0.2) is 24.3 Å². The fourth-order valence-electron chi connectivity index (χ4n) is 3.96. The fraction of sp³-hybridized carbons (Fsp3) is 0.667. The molecule has 1 N–H and O–H groups in total. The van der Waals surface area contributed by atoms with Crippen molar-refractivity contribution in [2.45, 2.75) is 38.4 Å². The van der Waals surface area contributed by atoms with Crippen LogP contribution in [0.5, 0.6) is 0 Å². The number of fused-ring (bicyclic) bond motifs is 3. The Kier molecular flexibility index (Phi) is 2.63. The number of ether oxygens (including phenoxy) is 1. The monoisotopic (exact) mass is 248 g/mol. The number of carbonyl (C=O) groups is 1. The lowest BCUT2D eigenvalue weighted by Crippen LogP contribution is -2.29. The first-order valence-electron chi connectivity index (χ1n) is 6.75. The first-order valence-corrected chi connectivity index (χ1v) is 6.75. The minimum atomic E-state index is -0.467. The Balaban J connectivity index is 1.98. The molecular weight excluding hydrogens is 228 g/mol. The van der Waals surface area contributed by atoms with E-state index in [1.807, 2.05) is 6.92 Å². The van der Waals surface area contributed by atoms with E-state index in [0.29, 0.717) is 6.42 Å². The van der Waals surface area contributed by atoms with Crippen molar-refractivity contribution in [1.29, 1.82) is 0 Å². The molecule has 3 aliphatic rings. The average molecular weight is 248 g/mol. The third-order valence-electron chi connectivity index (χ3n) is 5.13. The Labute approximate surface area is 108 Å². The van der Waals surface area contributed by atoms with E-state index in [1.165, 1.54) is 5.57 Å². The first-order chi connectivity index (χ1) is 8.50. The Hall–Kier alpha value is -1.09. The number of hydrogen-bond acceptors (Lipinski definition) is 3. The van der Waals surface area contributed by atoms with E-state index >= 15 is 0 Å². The second-order valence-corrected chi connectivity index (χ2v) is 6.01. The van der Waals surface area contributed by atoms with Gasteiger partial charge in [0.1, 0.15) is 6.10 Å². The molecule has 1 aliphatic heterocycles. The molecule has 0 aromatic heterocycles. The van der Waals surface area contributed by atoms with E-state index < -0.39 is 6.10 Å². The van der Waals surface area contributed by atoms with Crippen molar-refractivity contribution in [2.24, 2.45) is 23.7 Å². The van der Waals surface area contributed by atoms with Crippen LogP contribution in [0.1, 0.15) is 26.2 Å². The summed E-state index contributed by atoms with van der Waals surface area (Å²) in [6, 6.07) is 0. The summed E-state index contributed by atoms with van der Waals surface area (Å²) in [5.74, 6) is 0.443. The number of hydrogen-bond donors (Lipinski definition) is 1. The number of esters is 1. The van der Waals surface area contributed by atoms with Crippen LogP contribution >= 0.6 is 0 Å². The van der Waals surface area contributed by atoms with Crippen molar-refractivity contribution in [3.05, 3.63) is 24.3 Å². The quantitative estimate of drug-likeness (QED) is 0.527. The molecule has 3 fully saturated rings. The second-order valence-electron chi connectivity index (χ2n) is 6.01. The molecule has 2 saturated carbocycles. The van der Waals surface area contributed by atoms with Crippen LogP contribution in [0.4, 0.5) is 0 Å². The van der Waals surface area contributed by atoms with Crippen LogP contribution in [0.2, 0.25) is 0 Å². The first kappa shape index (κ1) is 12.0. The molecule has 1 unspecified atom stereocenters. The number of aliphatic hydroxyl groups excluding tert-OH is 1. The van der Waals surface area contributed by atoms with Gasteiger partial charge < -0.3 is 9.84 Å². The molecule has 0 bridgehead atoms. The van der Waals surface area contributed by atoms with Gasteiger partial charge >= 0.3 is 5.97 Å². The van der Waals surface area contributed by atoms with Crippen LogP contribution in [0, 0.1) is 23.7 Å². The maximum absolute atomic E-state index is 11.8. The van der Waals surface area contributed by atoms with Crippen LogP contribution < -0.4 is 0 Å². The summed E-state index contributed by atoms with van der Waals surface area (Å²) in [4.78, 5) is 11.8. The third-order valence-corrected chi connectivity index (χ3v) is 5.13. The SMILES string of the molecule is C=C1[C@H]2[C@@H](C[C@@H]1O)C(=C)CCC1[C@H](C)C(=O)O[C@@H]12. The van der Waals surface area contributed by atoms with Gasteiger partial charge in [0.15, 0.2) is 0 Å². The van der Waals surface area contributed by atoms with Gasteiger partial charge in [-0.3, -0.25) is 4.79 Å². The highest BCUT2D eigenvalue weighted by Crippen LogP contribution is 2.52. The second kappa shape index (κ2) is 3.95. The van der Waals surface area contributed by atoms with Gasteiger partial charge in [-0.2, -0.15) is 0 Å². The summed E-state index contributed by atoms with van der Waals surface area (Å²) < 4.78 is 5.59. The summed E-state index contributed by atoms with van der Waals surface area (Å²) in [7, 11) is 0. The summed E-state index contributed by atoms with van der Waals surface area (Å²) >= 11 is 0. The number of carbonyl (C=O) groups excluding carboxylic acids is 1. The molecule has 0 aromatic carbocycles. The van der Waals surface area contributed by atoms with Crippen LogP contribution in [0.3, 0.4) is 0 Å². The molecule has 0 radical (unpaired) electrons. The van der Waals surface area contributed by atoms with Crippen molar-refractivity contribution in [3.63, 3.8) is 0 Å². The number of aliphatic hydroxyl groups is 1. The predicted octanol–water partition coefficient (Wildman–Crippen LogP) is 2.07. The van der Waals surface area contributed by atoms with Gasteiger partial charge in [-0.05, 0) is 30.8 Å². The Bertz CT molecular complexity index is 425. The van der Waals surface area contributed by atoms with Crippen molar-refractivity contribution >= 4 is 5.97 Å². The van der Waals surface area contributed by atoms with Gasteiger partial charge in [0, 0.05) is 11.8 Å². The Morgan fingerprint density at radius 2 is 2.11 bits per heavy atom. The zero-order valence-corrected chi connectivity index (χ0v) is 10.8. The summed E-state index contributed by atoms with van der Waals surface area (Å²) in [6.07, 6.45) is 2.03. The highest BCUT2D eigenvalue weighted by molar-refractivity contribution is 5.75. The Morgan fingerprint density at radius 1 is 1.39 bits per heavy atom. The molecule has 2 aliphatic carbocycles. The molecule has 3 nitrogen and oxygen atoms in total. The van der Waals surface area contributed by atoms with E-state index in [9.17, 15) is 9.90 Å². The molecule has 98 valence electrons. The molecule has 18 heavy (non-hydrogen) atoms. The van der Waals surface area contributed by atoms with E-state index in [4.69, 9.17) is 4.74 Å². The lowest BCUT2D eigenvalue weighted by molar-refractivity contribution is -0.145. The molecule has 0 amide bonds. The van der Waals surface area contributed by atoms with Crippen LogP contribution in [0.25, 0.3) is 0 Å². The third kappa shape index (κ3) is 1.50. The van der Waals surface area contributed by atoms with E-state index in [1.54, 1.807) is 0 Å². The molecule has 3 rings (SSSR count). The normalized spacial score (nSPS) is 47.6. The average Bonchev–Trinajstić information content (AvgIpc) is 2.72. The van der Waals surface area contributed by atoms with Gasteiger partial charge in [0.05, 0.1) is 12.0 Å². The Morgan fingerprint density at radius 3 is 2.83 bits per heavy atom. The summed E-state index contributed by atoms with van der Waals surface area (Å²) in [6.45, 7) is 10.1. The van der Waals surface area contributed by atoms with E-state index in [2.05, 4.69) is 13.2 Å². The standard InChI is InChI=1S/C15H20O3/c1-7-4-5-10-8(2)15(17)18-14(10)13-9(3)12(16)6-11(7)13/h8,10-14,16H,1,3-6H2,2H3/t8-,10?,11-,12-,13-,14-/m0/s1. The molecule has 3 heteroatoms. The minimum absolute atomic E-state index is 0.0351. The van der Waals surface area contributed by atoms with Crippen LogP contribution in [-0.4, -0.2) is 23.3 Å². The smallest absolute Gasteiger partial charge is 0.309 e. The zero-order valence-electron chi connectivity index (χ0n) is 10.8. The molecule has 0 aromatic rings. The molecule has 6 atom stereocenters. The summed E-state index contributed by atoms with van der Waals surface area (Å²) in [5.41, 5.74) is 2.02. The van der Waals surface area contributed by atoms with Crippen molar-refractivity contribution in [1.82, 2.24) is 0 Å². The number of rotatable bonds is 0. The van der Waals surface area contributed by atoms with Crippen LogP contribution in [-0.2, 0) is 9.53 Å². The van der Waals surface area contributed by atoms with Gasteiger partial charge in [-0.15, -0.1) is 0 Å². The maximum atomic E-state index is 11.8. The highest BCUT2D eigenvalue weighted by Gasteiger charge is 2.53. The van der Waals surface area contributed by atoms with Crippen molar-refractivity contribution < 1.29 is 14.6 Å². The minimum Gasteiger partial charge on any atom is -0.461 e. The maximum Gasteiger partial charge on any atom is 0.309 e. The van der Waals surface area contributed by atoms with Crippen molar-refractivity contribution in [2.75, 3.05) is 0 Å². The number of allylic oxidation sites excluding steroid dienone is 1. The fourth-order valence-corrected chi connectivity index (χ4v) is 3.96. The lowest BCUT2D eigenvalue weighted by atomic mass is 9.80. The predicted molar refractivity (Wildman–Crippen MR) is 67.7 cm³/mol. The van der Waals surface area contributed by atoms with E-state index in [0.717, 1.165) is 18.4 Å². The van der Waals surface area contributed by atoms with Crippen molar-refractivity contribution in [3.8, 4) is 0 Å². The molecular formula is C15H20O3. The van der Waals surface area contributed by atoms with Gasteiger partial charge in [-0.25, -0.2) is 0 Å². The summed E-state index contributed by atoms with van der Waals surface area (Å²) in [5, 5.41) is 10.0. The highest BCUT2D eigenvalue weighted by atomic mass is 16.6. The van der Waals surface area contributed by atoms with Gasteiger partial charge in [0.2, 0.25) is 0 Å². The van der Waals surface area contributed by atoms with Gasteiger partial charge in [-0.1, -0.05) is 25.7 Å².